The van der Waals surface area contributed by atoms with Crippen LogP contribution in [-0.4, -0.2) is 29.3 Å². The Kier molecular flexibility index (Phi) is 3.11. The molecule has 2 rings (SSSR count). The fourth-order valence-corrected chi connectivity index (χ4v) is 2.05. The molecule has 16 heavy (non-hydrogen) atoms. The van der Waals surface area contributed by atoms with E-state index in [4.69, 9.17) is 5.11 Å². The second-order valence-electron chi connectivity index (χ2n) is 4.24. The third kappa shape index (κ3) is 2.70. The molecule has 0 aromatic carbocycles. The molecule has 1 aromatic heterocycles. The number of amides is 2. The van der Waals surface area contributed by atoms with E-state index < -0.39 is 0 Å². The fourth-order valence-electron chi connectivity index (χ4n) is 1.39. The summed E-state index contributed by atoms with van der Waals surface area (Å²) in [7, 11) is 0. The number of hydrogen-bond acceptors (Lipinski definition) is 4. The van der Waals surface area contributed by atoms with Crippen molar-refractivity contribution in [3.8, 4) is 0 Å². The van der Waals surface area contributed by atoms with Crippen LogP contribution in [0.2, 0.25) is 0 Å². The summed E-state index contributed by atoms with van der Waals surface area (Å²) in [4.78, 5) is 16.6. The van der Waals surface area contributed by atoms with Crippen LogP contribution in [0, 0.1) is 12.3 Å². The largest absolute Gasteiger partial charge is 0.396 e. The number of anilines is 1. The standard InChI is InChI=1S/C10H15N3O2S/c1-7-4-11-9(16-7)13-8(15)12-5-10(6-14)2-3-10/h4,14H,2-3,5-6H2,1H3,(H2,11,12,13,15). The highest BCUT2D eigenvalue weighted by Crippen LogP contribution is 2.44. The topological polar surface area (TPSA) is 74.2 Å². The summed E-state index contributed by atoms with van der Waals surface area (Å²) in [5, 5.41) is 15.1. The summed E-state index contributed by atoms with van der Waals surface area (Å²) < 4.78 is 0. The summed E-state index contributed by atoms with van der Waals surface area (Å²) in [6.07, 6.45) is 3.69. The quantitative estimate of drug-likeness (QED) is 0.745. The molecular formula is C10H15N3O2S. The molecule has 5 nitrogen and oxygen atoms in total. The number of hydrogen-bond donors (Lipinski definition) is 3. The van der Waals surface area contributed by atoms with Gasteiger partial charge in [-0.1, -0.05) is 0 Å². The number of nitrogens with zero attached hydrogens (tertiary/aromatic N) is 1. The summed E-state index contributed by atoms with van der Waals surface area (Å²) in [6.45, 7) is 2.61. The highest BCUT2D eigenvalue weighted by molar-refractivity contribution is 7.15. The number of urea groups is 1. The van der Waals surface area contributed by atoms with Crippen LogP contribution in [0.15, 0.2) is 6.20 Å². The van der Waals surface area contributed by atoms with Gasteiger partial charge in [0.1, 0.15) is 0 Å². The zero-order chi connectivity index (χ0) is 11.6. The Morgan fingerprint density at radius 1 is 1.69 bits per heavy atom. The SMILES string of the molecule is Cc1cnc(NC(=O)NCC2(CO)CC2)s1. The van der Waals surface area contributed by atoms with Crippen LogP contribution in [0.4, 0.5) is 9.93 Å². The predicted octanol–water partition coefficient (Wildman–Crippen LogP) is 1.35. The molecule has 0 atom stereocenters. The molecule has 0 radical (unpaired) electrons. The Bertz CT molecular complexity index is 387. The van der Waals surface area contributed by atoms with E-state index in [9.17, 15) is 4.79 Å². The maximum atomic E-state index is 11.5. The first-order valence-electron chi connectivity index (χ1n) is 5.22. The van der Waals surface area contributed by atoms with Crippen LogP contribution in [0.25, 0.3) is 0 Å². The fraction of sp³-hybridized carbons (Fsp3) is 0.600. The molecule has 1 aromatic rings. The van der Waals surface area contributed by atoms with E-state index in [0.29, 0.717) is 11.7 Å². The van der Waals surface area contributed by atoms with E-state index in [0.717, 1.165) is 17.7 Å². The first-order valence-corrected chi connectivity index (χ1v) is 6.03. The van der Waals surface area contributed by atoms with Crippen molar-refractivity contribution in [1.82, 2.24) is 10.3 Å². The predicted molar refractivity (Wildman–Crippen MR) is 62.6 cm³/mol. The Balaban J connectivity index is 1.76. The normalized spacial score (nSPS) is 16.9. The van der Waals surface area contributed by atoms with Gasteiger partial charge in [-0.25, -0.2) is 9.78 Å². The van der Waals surface area contributed by atoms with Crippen molar-refractivity contribution in [2.45, 2.75) is 19.8 Å². The lowest BCUT2D eigenvalue weighted by Crippen LogP contribution is -2.35. The molecule has 0 unspecified atom stereocenters. The number of rotatable bonds is 4. The van der Waals surface area contributed by atoms with Crippen molar-refractivity contribution >= 4 is 22.5 Å². The second-order valence-corrected chi connectivity index (χ2v) is 5.48. The van der Waals surface area contributed by atoms with E-state index in [2.05, 4.69) is 15.6 Å². The van der Waals surface area contributed by atoms with Crippen molar-refractivity contribution in [1.29, 1.82) is 0 Å². The third-order valence-electron chi connectivity index (χ3n) is 2.76. The molecular weight excluding hydrogens is 226 g/mol. The molecule has 3 N–H and O–H groups in total. The van der Waals surface area contributed by atoms with Crippen LogP contribution in [0.3, 0.4) is 0 Å². The molecule has 0 spiro atoms. The lowest BCUT2D eigenvalue weighted by atomic mass is 10.1. The average molecular weight is 241 g/mol. The van der Waals surface area contributed by atoms with Gasteiger partial charge in [-0.2, -0.15) is 0 Å². The molecule has 0 saturated heterocycles. The first-order chi connectivity index (χ1) is 7.63. The maximum absolute atomic E-state index is 11.5. The maximum Gasteiger partial charge on any atom is 0.321 e. The minimum absolute atomic E-state index is 0.0594. The van der Waals surface area contributed by atoms with Crippen LogP contribution in [0.1, 0.15) is 17.7 Å². The highest BCUT2D eigenvalue weighted by atomic mass is 32.1. The molecule has 0 bridgehead atoms. The minimum Gasteiger partial charge on any atom is -0.396 e. The van der Waals surface area contributed by atoms with Gasteiger partial charge in [-0.3, -0.25) is 5.32 Å². The molecule has 1 fully saturated rings. The van der Waals surface area contributed by atoms with E-state index >= 15 is 0 Å². The monoisotopic (exact) mass is 241 g/mol. The van der Waals surface area contributed by atoms with Gasteiger partial charge in [-0.15, -0.1) is 11.3 Å². The van der Waals surface area contributed by atoms with Crippen LogP contribution in [-0.2, 0) is 0 Å². The van der Waals surface area contributed by atoms with Gasteiger partial charge in [0, 0.05) is 23.0 Å². The lowest BCUT2D eigenvalue weighted by Gasteiger charge is -2.12. The number of carbonyl (C=O) groups excluding carboxylic acids is 1. The van der Waals surface area contributed by atoms with Crippen LogP contribution < -0.4 is 10.6 Å². The van der Waals surface area contributed by atoms with Gasteiger partial charge >= 0.3 is 6.03 Å². The van der Waals surface area contributed by atoms with Crippen molar-refractivity contribution in [2.75, 3.05) is 18.5 Å². The number of aliphatic hydroxyl groups excluding tert-OH is 1. The molecule has 1 heterocycles. The number of nitrogens with one attached hydrogen (secondary N) is 2. The Labute approximate surface area is 97.9 Å². The highest BCUT2D eigenvalue weighted by Gasteiger charge is 2.42. The number of aliphatic hydroxyl groups is 1. The Morgan fingerprint density at radius 3 is 2.94 bits per heavy atom. The summed E-state index contributed by atoms with van der Waals surface area (Å²) in [6, 6.07) is -0.255. The van der Waals surface area contributed by atoms with Gasteiger partial charge in [0.15, 0.2) is 5.13 Å². The summed E-state index contributed by atoms with van der Waals surface area (Å²) in [5.74, 6) is 0. The van der Waals surface area contributed by atoms with Gasteiger partial charge in [0.2, 0.25) is 0 Å². The van der Waals surface area contributed by atoms with Crippen LogP contribution in [0.5, 0.6) is 0 Å². The van der Waals surface area contributed by atoms with Crippen molar-refractivity contribution in [2.24, 2.45) is 5.41 Å². The van der Waals surface area contributed by atoms with E-state index in [1.807, 2.05) is 6.92 Å². The van der Waals surface area contributed by atoms with Gasteiger partial charge < -0.3 is 10.4 Å². The molecule has 1 saturated carbocycles. The number of carbonyl (C=O) groups is 1. The zero-order valence-electron chi connectivity index (χ0n) is 9.12. The summed E-state index contributed by atoms with van der Waals surface area (Å²) in [5.41, 5.74) is -0.0594. The lowest BCUT2D eigenvalue weighted by molar-refractivity contribution is 0.206. The molecule has 0 aliphatic heterocycles. The van der Waals surface area contributed by atoms with E-state index in [1.54, 1.807) is 6.20 Å². The minimum atomic E-state index is -0.255. The molecule has 6 heteroatoms. The molecule has 1 aliphatic rings. The van der Waals surface area contributed by atoms with E-state index in [-0.39, 0.29) is 18.1 Å². The first kappa shape index (κ1) is 11.3. The zero-order valence-corrected chi connectivity index (χ0v) is 9.93. The summed E-state index contributed by atoms with van der Waals surface area (Å²) >= 11 is 1.44. The van der Waals surface area contributed by atoms with Gasteiger partial charge in [-0.05, 0) is 19.8 Å². The van der Waals surface area contributed by atoms with Crippen molar-refractivity contribution in [3.63, 3.8) is 0 Å². The molecule has 1 aliphatic carbocycles. The average Bonchev–Trinajstić information content (AvgIpc) is 2.95. The van der Waals surface area contributed by atoms with Crippen molar-refractivity contribution in [3.05, 3.63) is 11.1 Å². The Morgan fingerprint density at radius 2 is 2.44 bits per heavy atom. The van der Waals surface area contributed by atoms with Crippen LogP contribution >= 0.6 is 11.3 Å². The Hall–Kier alpha value is -1.14. The van der Waals surface area contributed by atoms with Gasteiger partial charge in [0.25, 0.3) is 0 Å². The molecule has 2 amide bonds. The molecule has 88 valence electrons. The van der Waals surface area contributed by atoms with E-state index in [1.165, 1.54) is 11.3 Å². The van der Waals surface area contributed by atoms with Gasteiger partial charge in [0.05, 0.1) is 6.61 Å². The van der Waals surface area contributed by atoms with Crippen molar-refractivity contribution < 1.29 is 9.90 Å². The number of aromatic nitrogens is 1. The smallest absolute Gasteiger partial charge is 0.321 e. The number of aryl methyl sites for hydroxylation is 1. The number of thiazole rings is 1. The second kappa shape index (κ2) is 4.39. The third-order valence-corrected chi connectivity index (χ3v) is 3.59.